The lowest BCUT2D eigenvalue weighted by molar-refractivity contribution is 0.0655. The maximum absolute atomic E-state index is 13.5. The number of fused-ring (bicyclic) bond motifs is 2. The van der Waals surface area contributed by atoms with Gasteiger partial charge in [-0.2, -0.15) is 0 Å². The number of ether oxygens (including phenoxy) is 1. The fraction of sp³-hybridized carbons (Fsp3) is 0.346. The van der Waals surface area contributed by atoms with E-state index in [-0.39, 0.29) is 17.9 Å². The Hall–Kier alpha value is -3.41. The van der Waals surface area contributed by atoms with Crippen LogP contribution in [0.4, 0.5) is 5.69 Å². The van der Waals surface area contributed by atoms with E-state index >= 15 is 0 Å². The van der Waals surface area contributed by atoms with E-state index in [4.69, 9.17) is 4.74 Å². The molecule has 6 heteroatoms. The maximum Gasteiger partial charge on any atom is 0.273 e. The maximum atomic E-state index is 13.5. The number of pyridine rings is 1. The lowest BCUT2D eigenvalue weighted by Gasteiger charge is -2.30. The molecule has 164 valence electrons. The molecule has 1 aromatic heterocycles. The second-order valence-corrected chi connectivity index (χ2v) is 8.47. The normalized spacial score (nSPS) is 16.3. The average molecular weight is 430 g/mol. The van der Waals surface area contributed by atoms with Gasteiger partial charge < -0.3 is 15.0 Å². The van der Waals surface area contributed by atoms with Gasteiger partial charge in [0.2, 0.25) is 0 Å². The summed E-state index contributed by atoms with van der Waals surface area (Å²) in [4.78, 5) is 33.4. The Morgan fingerprint density at radius 3 is 2.59 bits per heavy atom. The summed E-state index contributed by atoms with van der Waals surface area (Å²) in [5, 5.41) is 3.78. The molecule has 5 rings (SSSR count). The molecular formula is C26H27N3O3. The first-order valence-corrected chi connectivity index (χ1v) is 11.4. The molecule has 1 aliphatic heterocycles. The van der Waals surface area contributed by atoms with Crippen LogP contribution in [0.1, 0.15) is 65.4 Å². The van der Waals surface area contributed by atoms with Gasteiger partial charge in [-0.25, -0.2) is 4.98 Å². The number of benzene rings is 2. The highest BCUT2D eigenvalue weighted by Crippen LogP contribution is 2.35. The van der Waals surface area contributed by atoms with E-state index in [1.165, 1.54) is 6.42 Å². The van der Waals surface area contributed by atoms with Gasteiger partial charge in [-0.3, -0.25) is 9.59 Å². The smallest absolute Gasteiger partial charge is 0.273 e. The van der Waals surface area contributed by atoms with Crippen LogP contribution >= 0.6 is 0 Å². The quantitative estimate of drug-likeness (QED) is 0.607. The topological polar surface area (TPSA) is 71.5 Å². The highest BCUT2D eigenvalue weighted by Gasteiger charge is 2.38. The molecular weight excluding hydrogens is 402 g/mol. The minimum Gasteiger partial charge on any atom is -0.494 e. The second-order valence-electron chi connectivity index (χ2n) is 8.47. The number of hydrogen-bond acceptors (Lipinski definition) is 4. The van der Waals surface area contributed by atoms with Crippen LogP contribution in [0.5, 0.6) is 5.75 Å². The molecule has 0 spiro atoms. The zero-order valence-electron chi connectivity index (χ0n) is 18.3. The summed E-state index contributed by atoms with van der Waals surface area (Å²) in [7, 11) is 0. The van der Waals surface area contributed by atoms with Crippen LogP contribution in [0, 0.1) is 0 Å². The van der Waals surface area contributed by atoms with Gasteiger partial charge in [-0.15, -0.1) is 0 Å². The number of nitrogens with zero attached hydrogens (tertiary/aromatic N) is 2. The fourth-order valence-corrected chi connectivity index (χ4v) is 4.90. The van der Waals surface area contributed by atoms with Gasteiger partial charge in [-0.05, 0) is 50.1 Å². The minimum absolute atomic E-state index is 0.0484. The van der Waals surface area contributed by atoms with Crippen molar-refractivity contribution in [1.82, 2.24) is 9.88 Å². The highest BCUT2D eigenvalue weighted by molar-refractivity contribution is 6.16. The molecule has 2 aliphatic rings. The predicted octanol–water partition coefficient (Wildman–Crippen LogP) is 5.17. The average Bonchev–Trinajstić information content (AvgIpc) is 3.15. The second kappa shape index (κ2) is 8.61. The van der Waals surface area contributed by atoms with Crippen LogP contribution in [0.25, 0.3) is 10.9 Å². The third-order valence-corrected chi connectivity index (χ3v) is 6.45. The lowest BCUT2D eigenvalue weighted by Crippen LogP contribution is -2.37. The van der Waals surface area contributed by atoms with Crippen molar-refractivity contribution >= 4 is 28.4 Å². The molecule has 1 saturated carbocycles. The molecule has 0 unspecified atom stereocenters. The Morgan fingerprint density at radius 2 is 1.84 bits per heavy atom. The molecule has 32 heavy (non-hydrogen) atoms. The van der Waals surface area contributed by atoms with Crippen LogP contribution in [-0.2, 0) is 6.54 Å². The molecule has 1 aliphatic carbocycles. The van der Waals surface area contributed by atoms with Crippen molar-refractivity contribution in [1.29, 1.82) is 0 Å². The van der Waals surface area contributed by atoms with Crippen LogP contribution < -0.4 is 10.1 Å². The Balaban J connectivity index is 1.51. The van der Waals surface area contributed by atoms with E-state index in [1.807, 2.05) is 60.4 Å². The van der Waals surface area contributed by atoms with E-state index in [9.17, 15) is 9.59 Å². The summed E-state index contributed by atoms with van der Waals surface area (Å²) in [5.41, 5.74) is 3.06. The molecule has 3 aromatic rings. The van der Waals surface area contributed by atoms with Crippen LogP contribution in [-0.4, -0.2) is 34.3 Å². The Morgan fingerprint density at radius 1 is 1.09 bits per heavy atom. The van der Waals surface area contributed by atoms with Gasteiger partial charge in [0.15, 0.2) is 0 Å². The summed E-state index contributed by atoms with van der Waals surface area (Å²) in [6, 6.07) is 15.1. The Labute approximate surface area is 187 Å². The molecule has 0 atom stereocenters. The number of hydrogen-bond donors (Lipinski definition) is 1. The Bertz CT molecular complexity index is 1170. The largest absolute Gasteiger partial charge is 0.494 e. The summed E-state index contributed by atoms with van der Waals surface area (Å²) >= 11 is 0. The lowest BCUT2D eigenvalue weighted by atomic mass is 9.94. The van der Waals surface area contributed by atoms with Crippen molar-refractivity contribution in [3.63, 3.8) is 0 Å². The highest BCUT2D eigenvalue weighted by atomic mass is 16.5. The van der Waals surface area contributed by atoms with Gasteiger partial charge in [0.25, 0.3) is 11.8 Å². The van der Waals surface area contributed by atoms with Gasteiger partial charge in [-0.1, -0.05) is 37.5 Å². The summed E-state index contributed by atoms with van der Waals surface area (Å²) in [6.07, 6.45) is 5.56. The number of carbonyl (C=O) groups is 2. The van der Waals surface area contributed by atoms with Crippen LogP contribution in [0.3, 0.4) is 0 Å². The van der Waals surface area contributed by atoms with Gasteiger partial charge in [0.05, 0.1) is 17.7 Å². The fourth-order valence-electron chi connectivity index (χ4n) is 4.90. The standard InChI is InChI=1S/C26H27N3O3/c1-2-32-19-14-12-17(13-15-19)27-25(30)23-20-10-6-7-11-22(20)28-24-21(23)16-29(26(24)31)18-8-4-3-5-9-18/h6-7,10-15,18H,2-5,8-9,16H2,1H3,(H,27,30). The summed E-state index contributed by atoms with van der Waals surface area (Å²) < 4.78 is 5.49. The molecule has 2 heterocycles. The third kappa shape index (κ3) is 3.70. The molecule has 1 fully saturated rings. The van der Waals surface area contributed by atoms with Crippen molar-refractivity contribution in [2.45, 2.75) is 51.6 Å². The first-order chi connectivity index (χ1) is 15.7. The van der Waals surface area contributed by atoms with Crippen molar-refractivity contribution in [2.75, 3.05) is 11.9 Å². The van der Waals surface area contributed by atoms with Gasteiger partial charge in [0.1, 0.15) is 11.4 Å². The van der Waals surface area contributed by atoms with E-state index in [0.29, 0.717) is 35.6 Å². The Kier molecular flexibility index (Phi) is 5.52. The van der Waals surface area contributed by atoms with Crippen molar-refractivity contribution < 1.29 is 14.3 Å². The van der Waals surface area contributed by atoms with E-state index in [2.05, 4.69) is 10.3 Å². The molecule has 0 bridgehead atoms. The molecule has 2 aromatic carbocycles. The molecule has 0 saturated heterocycles. The number of nitrogens with one attached hydrogen (secondary N) is 1. The number of aromatic nitrogens is 1. The molecule has 2 amide bonds. The zero-order valence-corrected chi connectivity index (χ0v) is 18.3. The number of carbonyl (C=O) groups excluding carboxylic acids is 2. The molecule has 6 nitrogen and oxygen atoms in total. The van der Waals surface area contributed by atoms with E-state index in [1.54, 1.807) is 0 Å². The van der Waals surface area contributed by atoms with E-state index in [0.717, 1.165) is 42.4 Å². The number of rotatable bonds is 5. The predicted molar refractivity (Wildman–Crippen MR) is 124 cm³/mol. The van der Waals surface area contributed by atoms with Crippen molar-refractivity contribution in [3.05, 3.63) is 65.4 Å². The first-order valence-electron chi connectivity index (χ1n) is 11.4. The number of para-hydroxylation sites is 1. The monoisotopic (exact) mass is 429 g/mol. The van der Waals surface area contributed by atoms with Crippen molar-refractivity contribution in [3.8, 4) is 5.75 Å². The summed E-state index contributed by atoms with van der Waals surface area (Å²) in [5.74, 6) is 0.490. The molecule has 1 N–H and O–H groups in total. The van der Waals surface area contributed by atoms with E-state index < -0.39 is 0 Å². The van der Waals surface area contributed by atoms with Crippen LogP contribution in [0.2, 0.25) is 0 Å². The van der Waals surface area contributed by atoms with Crippen LogP contribution in [0.15, 0.2) is 48.5 Å². The third-order valence-electron chi connectivity index (χ3n) is 6.45. The SMILES string of the molecule is CCOc1ccc(NC(=O)c2c3c(nc4ccccc24)C(=O)N(C2CCCCC2)C3)cc1. The van der Waals surface area contributed by atoms with Gasteiger partial charge >= 0.3 is 0 Å². The number of anilines is 1. The van der Waals surface area contributed by atoms with Gasteiger partial charge in [0, 0.05) is 29.2 Å². The molecule has 0 radical (unpaired) electrons. The number of amides is 2. The first kappa shape index (κ1) is 20.5. The zero-order chi connectivity index (χ0) is 22.1. The summed E-state index contributed by atoms with van der Waals surface area (Å²) in [6.45, 7) is 2.97. The minimum atomic E-state index is -0.220. The van der Waals surface area contributed by atoms with Crippen molar-refractivity contribution in [2.24, 2.45) is 0 Å².